The summed E-state index contributed by atoms with van der Waals surface area (Å²) in [6, 6.07) is 10.1. The van der Waals surface area contributed by atoms with E-state index >= 15 is 0 Å². The van der Waals surface area contributed by atoms with Crippen molar-refractivity contribution in [1.29, 1.82) is 0 Å². The molecule has 0 heterocycles. The van der Waals surface area contributed by atoms with Crippen molar-refractivity contribution in [2.24, 2.45) is 5.92 Å². The van der Waals surface area contributed by atoms with Crippen LogP contribution in [-0.2, 0) is 0 Å². The molecule has 0 radical (unpaired) electrons. The molecule has 72 valence electrons. The van der Waals surface area contributed by atoms with E-state index in [1.165, 1.54) is 0 Å². The molecule has 0 amide bonds. The van der Waals surface area contributed by atoms with Crippen molar-refractivity contribution in [3.8, 4) is 0 Å². The molecule has 2 nitrogen and oxygen atoms in total. The summed E-state index contributed by atoms with van der Waals surface area (Å²) in [5.41, 5.74) is 1.12. The Morgan fingerprint density at radius 3 is 2.54 bits per heavy atom. The summed E-state index contributed by atoms with van der Waals surface area (Å²) in [4.78, 5) is 0. The number of aliphatic hydroxyl groups excluding tert-OH is 1. The highest BCUT2D eigenvalue weighted by Crippen LogP contribution is 2.07. The molecule has 0 spiro atoms. The van der Waals surface area contributed by atoms with E-state index in [1.54, 1.807) is 0 Å². The van der Waals surface area contributed by atoms with E-state index in [2.05, 4.69) is 12.2 Å². The molecular weight excluding hydrogens is 162 g/mol. The molecule has 1 aromatic carbocycles. The minimum absolute atomic E-state index is 0.260. The quantitative estimate of drug-likeness (QED) is 0.725. The van der Waals surface area contributed by atoms with Crippen LogP contribution in [0.1, 0.15) is 13.3 Å². The molecule has 0 aliphatic heterocycles. The number of rotatable bonds is 5. The molecule has 1 atom stereocenters. The van der Waals surface area contributed by atoms with Gasteiger partial charge in [0.2, 0.25) is 0 Å². The van der Waals surface area contributed by atoms with Crippen LogP contribution in [0.25, 0.3) is 0 Å². The average Bonchev–Trinajstić information content (AvgIpc) is 2.21. The number of hydrogen-bond donors (Lipinski definition) is 2. The first kappa shape index (κ1) is 10.1. The molecule has 0 fully saturated rings. The SMILES string of the molecule is CCC(CO)CNc1ccccc1. The lowest BCUT2D eigenvalue weighted by Gasteiger charge is -2.13. The van der Waals surface area contributed by atoms with Gasteiger partial charge in [-0.2, -0.15) is 0 Å². The summed E-state index contributed by atoms with van der Waals surface area (Å²) in [6.07, 6.45) is 1.01. The van der Waals surface area contributed by atoms with Gasteiger partial charge in [-0.25, -0.2) is 0 Å². The van der Waals surface area contributed by atoms with E-state index in [0.717, 1.165) is 18.7 Å². The van der Waals surface area contributed by atoms with E-state index in [9.17, 15) is 0 Å². The zero-order valence-electron chi connectivity index (χ0n) is 8.03. The third kappa shape index (κ3) is 3.47. The number of benzene rings is 1. The third-order valence-electron chi connectivity index (χ3n) is 2.20. The lowest BCUT2D eigenvalue weighted by atomic mass is 10.1. The largest absolute Gasteiger partial charge is 0.396 e. The topological polar surface area (TPSA) is 32.3 Å². The van der Waals surface area contributed by atoms with Gasteiger partial charge in [0.1, 0.15) is 0 Å². The van der Waals surface area contributed by atoms with Crippen molar-refractivity contribution >= 4 is 5.69 Å². The highest BCUT2D eigenvalue weighted by Gasteiger charge is 2.02. The van der Waals surface area contributed by atoms with Crippen molar-refractivity contribution in [3.63, 3.8) is 0 Å². The Hall–Kier alpha value is -1.02. The molecule has 0 saturated carbocycles. The maximum Gasteiger partial charge on any atom is 0.0475 e. The molecule has 0 aromatic heterocycles. The van der Waals surface area contributed by atoms with Gasteiger partial charge in [-0.3, -0.25) is 0 Å². The van der Waals surface area contributed by atoms with Gasteiger partial charge < -0.3 is 10.4 Å². The molecule has 2 heteroatoms. The maximum atomic E-state index is 8.96. The second-order valence-electron chi connectivity index (χ2n) is 3.20. The molecule has 1 aromatic rings. The highest BCUT2D eigenvalue weighted by atomic mass is 16.3. The zero-order chi connectivity index (χ0) is 9.52. The van der Waals surface area contributed by atoms with E-state index in [0.29, 0.717) is 5.92 Å². The molecule has 1 unspecified atom stereocenters. The molecule has 0 bridgehead atoms. The summed E-state index contributed by atoms with van der Waals surface area (Å²) < 4.78 is 0. The van der Waals surface area contributed by atoms with Crippen LogP contribution in [0.4, 0.5) is 5.69 Å². The van der Waals surface area contributed by atoms with Gasteiger partial charge in [0.25, 0.3) is 0 Å². The molecular formula is C11H17NO. The second kappa shape index (κ2) is 5.60. The highest BCUT2D eigenvalue weighted by molar-refractivity contribution is 5.42. The molecule has 2 N–H and O–H groups in total. The van der Waals surface area contributed by atoms with Crippen LogP contribution in [0.2, 0.25) is 0 Å². The van der Waals surface area contributed by atoms with Crippen LogP contribution < -0.4 is 5.32 Å². The standard InChI is InChI=1S/C11H17NO/c1-2-10(9-13)8-12-11-6-4-3-5-7-11/h3-7,10,12-13H,2,8-9H2,1H3. The Labute approximate surface area is 79.6 Å². The number of nitrogens with one attached hydrogen (secondary N) is 1. The van der Waals surface area contributed by atoms with Crippen LogP contribution in [-0.4, -0.2) is 18.3 Å². The van der Waals surface area contributed by atoms with Gasteiger partial charge in [-0.15, -0.1) is 0 Å². The summed E-state index contributed by atoms with van der Waals surface area (Å²) in [7, 11) is 0. The second-order valence-corrected chi connectivity index (χ2v) is 3.20. The van der Waals surface area contributed by atoms with Crippen LogP contribution in [0.15, 0.2) is 30.3 Å². The van der Waals surface area contributed by atoms with Crippen LogP contribution >= 0.6 is 0 Å². The Kier molecular flexibility index (Phi) is 4.33. The molecule has 13 heavy (non-hydrogen) atoms. The van der Waals surface area contributed by atoms with E-state index in [4.69, 9.17) is 5.11 Å². The van der Waals surface area contributed by atoms with Crippen LogP contribution in [0.3, 0.4) is 0 Å². The Morgan fingerprint density at radius 1 is 1.31 bits per heavy atom. The average molecular weight is 179 g/mol. The molecule has 0 saturated heterocycles. The molecule has 0 aliphatic carbocycles. The molecule has 1 rings (SSSR count). The van der Waals surface area contributed by atoms with Crippen molar-refractivity contribution in [2.45, 2.75) is 13.3 Å². The third-order valence-corrected chi connectivity index (χ3v) is 2.20. The normalized spacial score (nSPS) is 12.5. The fourth-order valence-electron chi connectivity index (χ4n) is 1.16. The smallest absolute Gasteiger partial charge is 0.0475 e. The van der Waals surface area contributed by atoms with Gasteiger partial charge in [-0.1, -0.05) is 25.1 Å². The number of hydrogen-bond acceptors (Lipinski definition) is 2. The Morgan fingerprint density at radius 2 is 2.00 bits per heavy atom. The number of aliphatic hydroxyl groups is 1. The van der Waals surface area contributed by atoms with E-state index < -0.39 is 0 Å². The van der Waals surface area contributed by atoms with Crippen LogP contribution in [0.5, 0.6) is 0 Å². The predicted molar refractivity (Wildman–Crippen MR) is 55.8 cm³/mol. The van der Waals surface area contributed by atoms with Crippen molar-refractivity contribution in [1.82, 2.24) is 0 Å². The zero-order valence-corrected chi connectivity index (χ0v) is 8.03. The van der Waals surface area contributed by atoms with Gasteiger partial charge in [-0.05, 0) is 24.5 Å². The van der Waals surface area contributed by atoms with Gasteiger partial charge in [0.05, 0.1) is 0 Å². The van der Waals surface area contributed by atoms with Gasteiger partial charge in [0.15, 0.2) is 0 Å². The summed E-state index contributed by atoms with van der Waals surface area (Å²) in [6.45, 7) is 3.20. The van der Waals surface area contributed by atoms with E-state index in [1.807, 2.05) is 30.3 Å². The summed E-state index contributed by atoms with van der Waals surface area (Å²) in [5, 5.41) is 12.3. The lowest BCUT2D eigenvalue weighted by molar-refractivity contribution is 0.230. The fourth-order valence-corrected chi connectivity index (χ4v) is 1.16. The van der Waals surface area contributed by atoms with Gasteiger partial charge >= 0.3 is 0 Å². The van der Waals surface area contributed by atoms with Crippen molar-refractivity contribution < 1.29 is 5.11 Å². The number of anilines is 1. The predicted octanol–water partition coefficient (Wildman–Crippen LogP) is 2.12. The monoisotopic (exact) mass is 179 g/mol. The number of para-hydroxylation sites is 1. The van der Waals surface area contributed by atoms with Crippen molar-refractivity contribution in [3.05, 3.63) is 30.3 Å². The first-order valence-corrected chi connectivity index (χ1v) is 4.76. The minimum Gasteiger partial charge on any atom is -0.396 e. The Bertz CT molecular complexity index is 219. The Balaban J connectivity index is 2.34. The minimum atomic E-state index is 0.260. The van der Waals surface area contributed by atoms with Gasteiger partial charge in [0, 0.05) is 18.8 Å². The summed E-state index contributed by atoms with van der Waals surface area (Å²) in [5.74, 6) is 0.361. The maximum absolute atomic E-state index is 8.96. The lowest BCUT2D eigenvalue weighted by Crippen LogP contribution is -2.16. The fraction of sp³-hybridized carbons (Fsp3) is 0.455. The van der Waals surface area contributed by atoms with Crippen molar-refractivity contribution in [2.75, 3.05) is 18.5 Å². The van der Waals surface area contributed by atoms with E-state index in [-0.39, 0.29) is 6.61 Å². The first-order chi connectivity index (χ1) is 6.36. The molecule has 0 aliphatic rings. The summed E-state index contributed by atoms with van der Waals surface area (Å²) >= 11 is 0. The first-order valence-electron chi connectivity index (χ1n) is 4.76. The van der Waals surface area contributed by atoms with Crippen LogP contribution in [0, 0.1) is 5.92 Å².